The van der Waals surface area contributed by atoms with Crippen LogP contribution in [0.1, 0.15) is 39.6 Å². The molecule has 5 rings (SSSR count). The molecule has 2 aromatic carbocycles. The maximum atomic E-state index is 13.4. The van der Waals surface area contributed by atoms with E-state index in [1.165, 1.54) is 0 Å². The van der Waals surface area contributed by atoms with Crippen LogP contribution in [0.5, 0.6) is 0 Å². The summed E-state index contributed by atoms with van der Waals surface area (Å²) in [6, 6.07) is 15.6. The Kier molecular flexibility index (Phi) is 5.17. The smallest absolute Gasteiger partial charge is 0.255 e. The van der Waals surface area contributed by atoms with E-state index in [4.69, 9.17) is 0 Å². The highest BCUT2D eigenvalue weighted by atomic mass is 16.2. The molecule has 3 aromatic rings. The van der Waals surface area contributed by atoms with Gasteiger partial charge in [0.1, 0.15) is 0 Å². The number of hydrogen-bond donors (Lipinski definition) is 1. The molecule has 1 N–H and O–H groups in total. The minimum absolute atomic E-state index is 0.0219. The van der Waals surface area contributed by atoms with E-state index in [1.807, 2.05) is 54.3 Å². The van der Waals surface area contributed by atoms with Crippen molar-refractivity contribution in [1.82, 2.24) is 19.7 Å². The van der Waals surface area contributed by atoms with Gasteiger partial charge in [0.2, 0.25) is 12.3 Å². The molecule has 1 unspecified atom stereocenters. The first-order valence-corrected chi connectivity index (χ1v) is 11.0. The van der Waals surface area contributed by atoms with Crippen LogP contribution in [-0.2, 0) is 9.59 Å². The number of hydrogen-bond acceptors (Lipinski definition) is 3. The fraction of sp³-hybridized carbons (Fsp3) is 0.320. The summed E-state index contributed by atoms with van der Waals surface area (Å²) >= 11 is 0. The first-order valence-electron chi connectivity index (χ1n) is 11.0. The van der Waals surface area contributed by atoms with Crippen molar-refractivity contribution in [2.45, 2.75) is 19.4 Å². The van der Waals surface area contributed by atoms with E-state index in [0.717, 1.165) is 34.1 Å². The Morgan fingerprint density at radius 1 is 1.06 bits per heavy atom. The lowest BCUT2D eigenvalue weighted by atomic mass is 9.95. The average Bonchev–Trinajstić information content (AvgIpc) is 3.30. The highest BCUT2D eigenvalue weighted by Crippen LogP contribution is 2.42. The number of piperazine rings is 1. The zero-order chi connectivity index (χ0) is 22.2. The number of carbonyl (C=O) groups is 3. The minimum atomic E-state index is -0.227. The number of H-pyrrole nitrogens is 1. The van der Waals surface area contributed by atoms with Crippen LogP contribution in [0.2, 0.25) is 0 Å². The van der Waals surface area contributed by atoms with Gasteiger partial charge >= 0.3 is 0 Å². The van der Waals surface area contributed by atoms with E-state index >= 15 is 0 Å². The number of rotatable bonds is 5. The fourth-order valence-corrected chi connectivity index (χ4v) is 5.01. The second-order valence-corrected chi connectivity index (χ2v) is 8.47. The predicted molar refractivity (Wildman–Crippen MR) is 121 cm³/mol. The number of fused-ring (bicyclic) bond motifs is 2. The van der Waals surface area contributed by atoms with Gasteiger partial charge in [-0.05, 0) is 24.6 Å². The Morgan fingerprint density at radius 3 is 2.56 bits per heavy atom. The van der Waals surface area contributed by atoms with Crippen LogP contribution in [0.25, 0.3) is 10.9 Å². The lowest BCUT2D eigenvalue weighted by molar-refractivity contribution is -0.135. The summed E-state index contributed by atoms with van der Waals surface area (Å²) in [4.78, 5) is 45.9. The Balaban J connectivity index is 1.43. The first-order chi connectivity index (χ1) is 15.6. The number of aromatic nitrogens is 1. The summed E-state index contributed by atoms with van der Waals surface area (Å²) in [5.41, 5.74) is 4.85. The summed E-state index contributed by atoms with van der Waals surface area (Å²) in [5.74, 6) is -0.0115. The van der Waals surface area contributed by atoms with Crippen molar-refractivity contribution in [2.75, 3.05) is 32.7 Å². The van der Waals surface area contributed by atoms with Gasteiger partial charge in [0.25, 0.3) is 5.91 Å². The van der Waals surface area contributed by atoms with Gasteiger partial charge < -0.3 is 19.7 Å². The van der Waals surface area contributed by atoms with E-state index in [-0.39, 0.29) is 24.3 Å². The van der Waals surface area contributed by atoms with Gasteiger partial charge in [-0.2, -0.15) is 0 Å². The van der Waals surface area contributed by atoms with Crippen LogP contribution < -0.4 is 0 Å². The summed E-state index contributed by atoms with van der Waals surface area (Å²) < 4.78 is 0. The third kappa shape index (κ3) is 3.34. The van der Waals surface area contributed by atoms with Crippen LogP contribution in [-0.4, -0.2) is 70.6 Å². The fourth-order valence-electron chi connectivity index (χ4n) is 5.01. The number of benzene rings is 2. The molecule has 7 heteroatoms. The maximum Gasteiger partial charge on any atom is 0.255 e. The summed E-state index contributed by atoms with van der Waals surface area (Å²) in [7, 11) is 0. The molecule has 1 fully saturated rings. The molecule has 0 saturated carbocycles. The zero-order valence-electron chi connectivity index (χ0n) is 18.1. The molecule has 32 heavy (non-hydrogen) atoms. The van der Waals surface area contributed by atoms with Crippen LogP contribution >= 0.6 is 0 Å². The number of aromatic amines is 1. The monoisotopic (exact) mass is 430 g/mol. The number of nitrogens with one attached hydrogen (secondary N) is 1. The number of nitrogens with zero attached hydrogens (tertiary/aromatic N) is 3. The molecule has 1 atom stereocenters. The molecule has 3 amide bonds. The van der Waals surface area contributed by atoms with E-state index < -0.39 is 0 Å². The third-order valence-corrected chi connectivity index (χ3v) is 6.66. The Hall–Kier alpha value is -3.61. The molecule has 1 aromatic heterocycles. The van der Waals surface area contributed by atoms with Gasteiger partial charge in [0, 0.05) is 66.9 Å². The largest absolute Gasteiger partial charge is 0.358 e. The molecular formula is C25H26N4O3. The summed E-state index contributed by atoms with van der Waals surface area (Å²) in [6.07, 6.45) is 1.09. The predicted octanol–water partition coefficient (Wildman–Crippen LogP) is 2.71. The molecule has 2 aliphatic heterocycles. The van der Waals surface area contributed by atoms with Gasteiger partial charge in [-0.25, -0.2) is 0 Å². The lowest BCUT2D eigenvalue weighted by Crippen LogP contribution is -2.48. The summed E-state index contributed by atoms with van der Waals surface area (Å²) in [6.45, 7) is 4.58. The van der Waals surface area contributed by atoms with Crippen LogP contribution in [0.15, 0.2) is 48.5 Å². The lowest BCUT2D eigenvalue weighted by Gasteiger charge is -2.33. The molecule has 164 valence electrons. The Bertz CT molecular complexity index is 1190. The molecule has 0 bridgehead atoms. The van der Waals surface area contributed by atoms with E-state index in [1.54, 1.807) is 9.80 Å². The maximum absolute atomic E-state index is 13.4. The van der Waals surface area contributed by atoms with Crippen molar-refractivity contribution in [1.29, 1.82) is 0 Å². The van der Waals surface area contributed by atoms with Crippen molar-refractivity contribution in [3.05, 3.63) is 70.9 Å². The van der Waals surface area contributed by atoms with Crippen LogP contribution in [0, 0.1) is 6.92 Å². The van der Waals surface area contributed by atoms with Gasteiger partial charge in [-0.1, -0.05) is 36.4 Å². The summed E-state index contributed by atoms with van der Waals surface area (Å²) in [5, 5.41) is 1.10. The van der Waals surface area contributed by atoms with Crippen molar-refractivity contribution >= 4 is 29.1 Å². The highest BCUT2D eigenvalue weighted by molar-refractivity contribution is 6.01. The topological polar surface area (TPSA) is 76.7 Å². The molecule has 0 radical (unpaired) electrons. The molecule has 3 heterocycles. The van der Waals surface area contributed by atoms with Crippen LogP contribution in [0.3, 0.4) is 0 Å². The molecule has 2 aliphatic rings. The number of carbonyl (C=O) groups excluding carboxylic acids is 3. The third-order valence-electron chi connectivity index (χ3n) is 6.66. The Morgan fingerprint density at radius 2 is 1.78 bits per heavy atom. The van der Waals surface area contributed by atoms with Crippen molar-refractivity contribution in [3.8, 4) is 0 Å². The molecular weight excluding hydrogens is 404 g/mol. The second-order valence-electron chi connectivity index (χ2n) is 8.47. The average molecular weight is 431 g/mol. The number of para-hydroxylation sites is 1. The van der Waals surface area contributed by atoms with Crippen molar-refractivity contribution < 1.29 is 14.4 Å². The van der Waals surface area contributed by atoms with E-state index in [9.17, 15) is 14.4 Å². The SMILES string of the molecule is Cc1[nH]c2ccccc2c1C1c2ccccc2C(=O)N1CCC(=O)N1CCN(C=O)CC1. The van der Waals surface area contributed by atoms with Crippen LogP contribution in [0.4, 0.5) is 0 Å². The number of amides is 3. The second kappa shape index (κ2) is 8.15. The molecule has 0 aliphatic carbocycles. The number of aryl methyl sites for hydroxylation is 1. The molecule has 1 saturated heterocycles. The van der Waals surface area contributed by atoms with E-state index in [0.29, 0.717) is 38.3 Å². The molecule has 7 nitrogen and oxygen atoms in total. The van der Waals surface area contributed by atoms with Gasteiger partial charge in [-0.3, -0.25) is 14.4 Å². The molecule has 0 spiro atoms. The normalized spacial score (nSPS) is 18.3. The Labute approximate surface area is 186 Å². The van der Waals surface area contributed by atoms with Gasteiger partial charge in [-0.15, -0.1) is 0 Å². The van der Waals surface area contributed by atoms with E-state index in [2.05, 4.69) is 11.1 Å². The first kappa shape index (κ1) is 20.3. The van der Waals surface area contributed by atoms with Gasteiger partial charge in [0.15, 0.2) is 0 Å². The highest BCUT2D eigenvalue weighted by Gasteiger charge is 2.39. The van der Waals surface area contributed by atoms with Gasteiger partial charge in [0.05, 0.1) is 6.04 Å². The van der Waals surface area contributed by atoms with Crippen molar-refractivity contribution in [2.24, 2.45) is 0 Å². The minimum Gasteiger partial charge on any atom is -0.358 e. The quantitative estimate of drug-likeness (QED) is 0.633. The standard InChI is InChI=1S/C25H26N4O3/c1-17-23(20-8-4-5-9-21(20)26-17)24-18-6-2-3-7-19(18)25(32)29(24)11-10-22(31)28-14-12-27(16-30)13-15-28/h2-9,16,24,26H,10-15H2,1H3. The zero-order valence-corrected chi connectivity index (χ0v) is 18.1. The van der Waals surface area contributed by atoms with Crippen molar-refractivity contribution in [3.63, 3.8) is 0 Å².